The molecule has 0 aromatic rings. The first kappa shape index (κ1) is 31.5. The van der Waals surface area contributed by atoms with Crippen LogP contribution in [-0.2, 0) is 28.7 Å². The first-order valence-corrected chi connectivity index (χ1v) is 13.7. The van der Waals surface area contributed by atoms with Crippen molar-refractivity contribution < 1.29 is 44.0 Å². The number of cyclic esters (lactones) is 1. The molecule has 1 saturated heterocycles. The normalized spacial score (nSPS) is 30.6. The Morgan fingerprint density at radius 1 is 1.08 bits per heavy atom. The van der Waals surface area contributed by atoms with E-state index in [0.717, 1.165) is 25.7 Å². The summed E-state index contributed by atoms with van der Waals surface area (Å²) in [5.74, 6) is -1.38. The number of esters is 2. The number of fused-ring (bicyclic) bond motifs is 1. The third kappa shape index (κ3) is 9.26. The van der Waals surface area contributed by atoms with Gasteiger partial charge in [-0.15, -0.1) is 0 Å². The number of aliphatic carboxylic acids is 2. The van der Waals surface area contributed by atoms with Gasteiger partial charge in [0.15, 0.2) is 0 Å². The van der Waals surface area contributed by atoms with Crippen LogP contribution in [0.5, 0.6) is 0 Å². The lowest BCUT2D eigenvalue weighted by atomic mass is 9.65. The predicted molar refractivity (Wildman–Crippen MR) is 140 cm³/mol. The van der Waals surface area contributed by atoms with E-state index in [1.54, 1.807) is 0 Å². The van der Waals surface area contributed by atoms with Gasteiger partial charge in [-0.25, -0.2) is 0 Å². The van der Waals surface area contributed by atoms with E-state index in [1.807, 2.05) is 20.8 Å². The van der Waals surface area contributed by atoms with Gasteiger partial charge < -0.3 is 24.8 Å². The van der Waals surface area contributed by atoms with Crippen molar-refractivity contribution in [2.75, 3.05) is 0 Å². The van der Waals surface area contributed by atoms with Crippen molar-refractivity contribution >= 4 is 23.9 Å². The van der Waals surface area contributed by atoms with Crippen LogP contribution < -0.4 is 0 Å². The van der Waals surface area contributed by atoms with Crippen molar-refractivity contribution in [2.24, 2.45) is 29.1 Å². The molecule has 3 rings (SSSR count). The Hall–Kier alpha value is -2.68. The van der Waals surface area contributed by atoms with Gasteiger partial charge in [0.05, 0.1) is 30.8 Å². The van der Waals surface area contributed by atoms with E-state index in [9.17, 15) is 24.3 Å². The van der Waals surface area contributed by atoms with Crippen LogP contribution in [0.25, 0.3) is 0 Å². The molecule has 9 nitrogen and oxygen atoms in total. The zero-order valence-electron chi connectivity index (χ0n) is 23.2. The van der Waals surface area contributed by atoms with Gasteiger partial charge in [0.2, 0.25) is 0 Å². The van der Waals surface area contributed by atoms with Crippen LogP contribution in [0.15, 0.2) is 23.8 Å². The third-order valence-electron chi connectivity index (χ3n) is 7.90. The maximum Gasteiger partial charge on any atom is 0.311 e. The van der Waals surface area contributed by atoms with Gasteiger partial charge in [-0.2, -0.15) is 0 Å². The number of rotatable bonds is 9. The molecule has 1 heterocycles. The lowest BCUT2D eigenvalue weighted by Crippen LogP contribution is -2.43. The van der Waals surface area contributed by atoms with E-state index in [1.165, 1.54) is 5.57 Å². The molecule has 214 valence electrons. The summed E-state index contributed by atoms with van der Waals surface area (Å²) in [7, 11) is 0. The summed E-state index contributed by atoms with van der Waals surface area (Å²) in [4.78, 5) is 43.8. The fourth-order valence-electron chi connectivity index (χ4n) is 5.29. The van der Waals surface area contributed by atoms with Gasteiger partial charge in [0.1, 0.15) is 12.2 Å². The fraction of sp³-hybridized carbons (Fsp3) is 0.724. The molecule has 2 aliphatic carbocycles. The summed E-state index contributed by atoms with van der Waals surface area (Å²) in [6, 6.07) is 0. The molecule has 3 aliphatic rings. The van der Waals surface area contributed by atoms with Gasteiger partial charge in [0, 0.05) is 12.3 Å². The quantitative estimate of drug-likeness (QED) is 0.362. The average Bonchev–Trinajstić information content (AvgIpc) is 2.82. The monoisotopic (exact) mass is 536 g/mol. The Morgan fingerprint density at radius 3 is 2.26 bits per heavy atom. The highest BCUT2D eigenvalue weighted by atomic mass is 16.6. The van der Waals surface area contributed by atoms with Crippen molar-refractivity contribution in [3.8, 4) is 0 Å². The number of ether oxygens (including phenoxy) is 2. The summed E-state index contributed by atoms with van der Waals surface area (Å²) in [6.07, 6.45) is 9.02. The number of carboxylic acids is 2. The van der Waals surface area contributed by atoms with Crippen molar-refractivity contribution in [2.45, 2.75) is 104 Å². The molecule has 0 spiro atoms. The average molecular weight is 537 g/mol. The van der Waals surface area contributed by atoms with Crippen molar-refractivity contribution in [1.29, 1.82) is 0 Å². The first-order valence-electron chi connectivity index (χ1n) is 13.7. The number of aliphatic hydroxyl groups excluding tert-OH is 1. The Labute approximate surface area is 225 Å². The van der Waals surface area contributed by atoms with Crippen LogP contribution in [0.3, 0.4) is 0 Å². The molecule has 3 N–H and O–H groups in total. The van der Waals surface area contributed by atoms with E-state index in [4.69, 9.17) is 19.7 Å². The molecule has 38 heavy (non-hydrogen) atoms. The lowest BCUT2D eigenvalue weighted by molar-refractivity contribution is -0.166. The molecule has 7 atom stereocenters. The van der Waals surface area contributed by atoms with E-state index in [2.05, 4.69) is 32.1 Å². The molecular formula is C29H44O9. The molecule has 1 fully saturated rings. The molecule has 0 amide bonds. The van der Waals surface area contributed by atoms with Crippen LogP contribution in [0.1, 0.15) is 86.0 Å². The summed E-state index contributed by atoms with van der Waals surface area (Å²) in [6.45, 7) is 10.3. The fourth-order valence-corrected chi connectivity index (χ4v) is 5.29. The minimum Gasteiger partial charge on any atom is -0.481 e. The van der Waals surface area contributed by atoms with E-state index in [-0.39, 0.29) is 49.3 Å². The van der Waals surface area contributed by atoms with Crippen molar-refractivity contribution in [1.82, 2.24) is 0 Å². The molecule has 0 bridgehead atoms. The smallest absolute Gasteiger partial charge is 0.311 e. The Morgan fingerprint density at radius 2 is 1.71 bits per heavy atom. The highest BCUT2D eigenvalue weighted by Gasteiger charge is 2.43. The second-order valence-electron chi connectivity index (χ2n) is 11.5. The molecule has 3 unspecified atom stereocenters. The van der Waals surface area contributed by atoms with Gasteiger partial charge >= 0.3 is 23.9 Å². The number of carbonyl (C=O) groups excluding carboxylic acids is 2. The Kier molecular flexibility index (Phi) is 11.6. The van der Waals surface area contributed by atoms with Gasteiger partial charge in [-0.1, -0.05) is 39.0 Å². The summed E-state index contributed by atoms with van der Waals surface area (Å²) in [5, 5.41) is 25.7. The maximum absolute atomic E-state index is 12.9. The molecule has 0 aromatic carbocycles. The third-order valence-corrected chi connectivity index (χ3v) is 7.90. The number of carboxylic acid groups (broad SMARTS) is 2. The summed E-state index contributed by atoms with van der Waals surface area (Å²) >= 11 is 0. The van der Waals surface area contributed by atoms with Crippen LogP contribution in [-0.4, -0.2) is 57.5 Å². The minimum atomic E-state index is -1.08. The lowest BCUT2D eigenvalue weighted by Gasteiger charge is -2.44. The molecule has 1 aliphatic heterocycles. The van der Waals surface area contributed by atoms with Gasteiger partial charge in [0.25, 0.3) is 0 Å². The molecular weight excluding hydrogens is 492 g/mol. The number of allylic oxidation sites excluding steroid dienone is 3. The van der Waals surface area contributed by atoms with Gasteiger partial charge in [-0.05, 0) is 62.9 Å². The number of carbonyl (C=O) groups is 4. The largest absolute Gasteiger partial charge is 0.481 e. The van der Waals surface area contributed by atoms with Gasteiger partial charge in [-0.3, -0.25) is 19.2 Å². The minimum absolute atomic E-state index is 0.0949. The highest BCUT2D eigenvalue weighted by molar-refractivity contribution is 5.76. The molecule has 9 heteroatoms. The van der Waals surface area contributed by atoms with E-state index >= 15 is 0 Å². The molecule has 0 aromatic heterocycles. The summed E-state index contributed by atoms with van der Waals surface area (Å²) < 4.78 is 11.6. The van der Waals surface area contributed by atoms with E-state index < -0.39 is 23.5 Å². The number of hydrogen-bond donors (Lipinski definition) is 3. The topological polar surface area (TPSA) is 147 Å². The second-order valence-corrected chi connectivity index (χ2v) is 11.5. The highest BCUT2D eigenvalue weighted by Crippen LogP contribution is 2.45. The Bertz CT molecular complexity index is 905. The van der Waals surface area contributed by atoms with Crippen molar-refractivity contribution in [3.63, 3.8) is 0 Å². The van der Waals surface area contributed by atoms with E-state index in [0.29, 0.717) is 24.2 Å². The standard InChI is InChI=1S/C25H38O5.C4H6O4/c1-6-25(4,5)24(28)30-21-12-15(2)11-17-8-7-16(3)20(23(17)21)10-9-19-13-18(26)14-22(27)29-19;5-3(6)1-2-4(7)8/h7-8,11,15-16,18-21,23,26H,6,9-10,12-14H2,1-5H3;1-2H2,(H,5,6)(H,7,8)/t15-,16-,18?,19?,20?,21-,23-;/m0./s1. The predicted octanol–water partition coefficient (Wildman–Crippen LogP) is 4.52. The van der Waals surface area contributed by atoms with Crippen LogP contribution >= 0.6 is 0 Å². The number of hydrogen-bond acceptors (Lipinski definition) is 7. The SMILES string of the molecule is CCC(C)(C)C(=O)O[C@H]1C[C@@H](C)C=C2C=C[C@H](C)C(CCC3CC(O)CC(=O)O3)[C@H]21.O=C(O)CCC(=O)O. The zero-order chi connectivity index (χ0) is 28.6. The van der Waals surface area contributed by atoms with Crippen molar-refractivity contribution in [3.05, 3.63) is 23.8 Å². The number of aliphatic hydroxyl groups is 1. The molecule has 0 radical (unpaired) electrons. The van der Waals surface area contributed by atoms with Crippen LogP contribution in [0.4, 0.5) is 0 Å². The van der Waals surface area contributed by atoms with Crippen LogP contribution in [0, 0.1) is 29.1 Å². The molecule has 0 saturated carbocycles. The first-order chi connectivity index (χ1) is 17.7. The van der Waals surface area contributed by atoms with Crippen LogP contribution in [0.2, 0.25) is 0 Å². The second kappa shape index (κ2) is 13.9. The Balaban J connectivity index is 0.000000550. The summed E-state index contributed by atoms with van der Waals surface area (Å²) in [5.41, 5.74) is 0.785. The maximum atomic E-state index is 12.9. The zero-order valence-corrected chi connectivity index (χ0v) is 23.2.